The van der Waals surface area contributed by atoms with Crippen LogP contribution in [0.1, 0.15) is 36.8 Å². The van der Waals surface area contributed by atoms with Gasteiger partial charge >= 0.3 is 0 Å². The van der Waals surface area contributed by atoms with Crippen molar-refractivity contribution in [1.29, 1.82) is 0 Å². The first kappa shape index (κ1) is 12.9. The van der Waals surface area contributed by atoms with Crippen LogP contribution in [0.25, 0.3) is 0 Å². The zero-order valence-electron chi connectivity index (χ0n) is 11.6. The van der Waals surface area contributed by atoms with Crippen molar-refractivity contribution in [1.82, 2.24) is 24.6 Å². The number of amides is 1. The molecule has 1 saturated heterocycles. The fraction of sp³-hybridized carbons (Fsp3) is 0.500. The van der Waals surface area contributed by atoms with Crippen molar-refractivity contribution in [2.75, 3.05) is 6.54 Å². The second kappa shape index (κ2) is 5.48. The van der Waals surface area contributed by atoms with Gasteiger partial charge in [-0.3, -0.25) is 9.89 Å². The smallest absolute Gasteiger partial charge is 0.243 e. The van der Waals surface area contributed by atoms with E-state index in [1.807, 2.05) is 28.7 Å². The maximum atomic E-state index is 12.6. The Morgan fingerprint density at radius 3 is 3.05 bits per heavy atom. The molecule has 20 heavy (non-hydrogen) atoms. The number of hydrogen-bond acceptors (Lipinski definition) is 3. The van der Waals surface area contributed by atoms with Crippen molar-refractivity contribution < 1.29 is 4.79 Å². The van der Waals surface area contributed by atoms with Crippen molar-refractivity contribution >= 4 is 5.91 Å². The van der Waals surface area contributed by atoms with Gasteiger partial charge < -0.3 is 9.47 Å². The molecule has 6 heteroatoms. The molecule has 1 aliphatic rings. The summed E-state index contributed by atoms with van der Waals surface area (Å²) in [4.78, 5) is 18.7. The highest BCUT2D eigenvalue weighted by Gasteiger charge is 2.28. The molecule has 1 aliphatic heterocycles. The average Bonchev–Trinajstić information content (AvgIpc) is 3.11. The van der Waals surface area contributed by atoms with Crippen LogP contribution < -0.4 is 0 Å². The Labute approximate surface area is 117 Å². The number of nitrogens with one attached hydrogen (secondary N) is 1. The van der Waals surface area contributed by atoms with Gasteiger partial charge in [0.1, 0.15) is 12.4 Å². The van der Waals surface area contributed by atoms with Crippen LogP contribution in [-0.4, -0.2) is 37.1 Å². The molecule has 0 bridgehead atoms. The Morgan fingerprint density at radius 1 is 1.45 bits per heavy atom. The van der Waals surface area contributed by atoms with E-state index in [1.165, 1.54) is 0 Å². The van der Waals surface area contributed by atoms with Gasteiger partial charge in [-0.15, -0.1) is 0 Å². The van der Waals surface area contributed by atoms with Crippen LogP contribution >= 0.6 is 0 Å². The number of hydrogen-bond donors (Lipinski definition) is 1. The summed E-state index contributed by atoms with van der Waals surface area (Å²) in [6.07, 6.45) is 8.54. The number of nitrogens with zero attached hydrogens (tertiary/aromatic N) is 4. The summed E-state index contributed by atoms with van der Waals surface area (Å²) >= 11 is 0. The summed E-state index contributed by atoms with van der Waals surface area (Å²) in [5.41, 5.74) is 1.03. The van der Waals surface area contributed by atoms with E-state index in [4.69, 9.17) is 0 Å². The van der Waals surface area contributed by atoms with Gasteiger partial charge in [0.2, 0.25) is 5.91 Å². The minimum absolute atomic E-state index is 0.127. The summed E-state index contributed by atoms with van der Waals surface area (Å²) in [6.45, 7) is 3.09. The van der Waals surface area contributed by atoms with Gasteiger partial charge in [-0.1, -0.05) is 0 Å². The lowest BCUT2D eigenvalue weighted by molar-refractivity contribution is -0.135. The number of piperidine rings is 1. The number of carbonyl (C=O) groups is 1. The first-order valence-electron chi connectivity index (χ1n) is 7.02. The van der Waals surface area contributed by atoms with Crippen LogP contribution in [0.5, 0.6) is 0 Å². The Hall–Kier alpha value is -2.11. The lowest BCUT2D eigenvalue weighted by Gasteiger charge is -2.35. The van der Waals surface area contributed by atoms with Gasteiger partial charge in [0.05, 0.1) is 11.7 Å². The van der Waals surface area contributed by atoms with Gasteiger partial charge in [-0.2, -0.15) is 5.10 Å². The molecule has 0 aliphatic carbocycles. The number of aryl methyl sites for hydroxylation is 1. The molecule has 0 spiro atoms. The lowest BCUT2D eigenvalue weighted by atomic mass is 9.99. The van der Waals surface area contributed by atoms with Crippen molar-refractivity contribution in [3.05, 3.63) is 36.2 Å². The molecule has 0 aromatic carbocycles. The zero-order valence-corrected chi connectivity index (χ0v) is 11.6. The van der Waals surface area contributed by atoms with Gasteiger partial charge in [-0.25, -0.2) is 4.98 Å². The quantitative estimate of drug-likeness (QED) is 0.925. The molecule has 0 saturated carbocycles. The number of rotatable bonds is 3. The molecule has 1 N–H and O–H groups in total. The molecule has 1 atom stereocenters. The molecular formula is C14H19N5O. The van der Waals surface area contributed by atoms with E-state index >= 15 is 0 Å². The number of carbonyl (C=O) groups excluding carboxylic acids is 1. The lowest BCUT2D eigenvalue weighted by Crippen LogP contribution is -2.40. The molecule has 0 radical (unpaired) electrons. The largest absolute Gasteiger partial charge is 0.333 e. The average molecular weight is 273 g/mol. The van der Waals surface area contributed by atoms with Crippen LogP contribution in [0.2, 0.25) is 0 Å². The molecular weight excluding hydrogens is 254 g/mol. The first-order chi connectivity index (χ1) is 9.75. The van der Waals surface area contributed by atoms with E-state index in [1.54, 1.807) is 12.4 Å². The maximum Gasteiger partial charge on any atom is 0.243 e. The van der Waals surface area contributed by atoms with Gasteiger partial charge in [0.25, 0.3) is 0 Å². The highest BCUT2D eigenvalue weighted by Crippen LogP contribution is 2.29. The van der Waals surface area contributed by atoms with E-state index in [9.17, 15) is 4.79 Å². The van der Waals surface area contributed by atoms with Crippen LogP contribution in [0, 0.1) is 6.92 Å². The zero-order chi connectivity index (χ0) is 13.9. The predicted octanol–water partition coefficient (Wildman–Crippen LogP) is 1.67. The molecule has 2 aromatic rings. The Morgan fingerprint density at radius 2 is 2.35 bits per heavy atom. The number of imidazole rings is 1. The predicted molar refractivity (Wildman–Crippen MR) is 73.9 cm³/mol. The highest BCUT2D eigenvalue weighted by molar-refractivity contribution is 5.76. The van der Waals surface area contributed by atoms with Crippen molar-refractivity contribution in [2.45, 2.75) is 38.8 Å². The molecule has 1 amide bonds. The third kappa shape index (κ3) is 2.45. The van der Waals surface area contributed by atoms with E-state index in [0.29, 0.717) is 6.54 Å². The Kier molecular flexibility index (Phi) is 3.54. The normalized spacial score (nSPS) is 19.2. The van der Waals surface area contributed by atoms with Crippen LogP contribution in [-0.2, 0) is 11.3 Å². The number of H-pyrrole nitrogens is 1. The topological polar surface area (TPSA) is 66.8 Å². The fourth-order valence-electron chi connectivity index (χ4n) is 2.81. The molecule has 6 nitrogen and oxygen atoms in total. The molecule has 1 unspecified atom stereocenters. The van der Waals surface area contributed by atoms with E-state index < -0.39 is 0 Å². The molecule has 3 rings (SSSR count). The van der Waals surface area contributed by atoms with Crippen LogP contribution in [0.4, 0.5) is 0 Å². The molecule has 3 heterocycles. The molecule has 2 aromatic heterocycles. The first-order valence-corrected chi connectivity index (χ1v) is 7.02. The maximum absolute atomic E-state index is 12.6. The monoisotopic (exact) mass is 273 g/mol. The van der Waals surface area contributed by atoms with E-state index in [0.717, 1.165) is 37.3 Å². The third-order valence-corrected chi connectivity index (χ3v) is 3.93. The number of aromatic amines is 1. The van der Waals surface area contributed by atoms with Gasteiger partial charge in [-0.05, 0) is 32.3 Å². The highest BCUT2D eigenvalue weighted by atomic mass is 16.2. The van der Waals surface area contributed by atoms with Gasteiger partial charge in [0.15, 0.2) is 0 Å². The minimum atomic E-state index is 0.127. The van der Waals surface area contributed by atoms with Gasteiger partial charge in [0, 0.05) is 25.1 Å². The van der Waals surface area contributed by atoms with E-state index in [-0.39, 0.29) is 11.9 Å². The van der Waals surface area contributed by atoms with Crippen molar-refractivity contribution in [3.8, 4) is 0 Å². The summed E-state index contributed by atoms with van der Waals surface area (Å²) in [5.74, 6) is 1.01. The van der Waals surface area contributed by atoms with Crippen molar-refractivity contribution in [3.63, 3.8) is 0 Å². The summed E-state index contributed by atoms with van der Waals surface area (Å²) < 4.78 is 1.89. The van der Waals surface area contributed by atoms with Crippen LogP contribution in [0.15, 0.2) is 24.7 Å². The second-order valence-electron chi connectivity index (χ2n) is 5.21. The SMILES string of the molecule is Cc1nccn1CC(=O)N1CCCCC1c1ccn[nH]1. The molecule has 106 valence electrons. The number of likely N-dealkylation sites (tertiary alicyclic amines) is 1. The number of aromatic nitrogens is 4. The third-order valence-electron chi connectivity index (χ3n) is 3.93. The van der Waals surface area contributed by atoms with E-state index in [2.05, 4.69) is 15.2 Å². The standard InChI is InChI=1S/C14H19N5O/c1-11-15-7-9-18(11)10-14(20)19-8-3-2-4-13(19)12-5-6-16-17-12/h5-7,9,13H,2-4,8,10H2,1H3,(H,16,17). The molecule has 1 fully saturated rings. The summed E-state index contributed by atoms with van der Waals surface area (Å²) in [6, 6.07) is 2.08. The minimum Gasteiger partial charge on any atom is -0.333 e. The fourth-order valence-corrected chi connectivity index (χ4v) is 2.81. The second-order valence-corrected chi connectivity index (χ2v) is 5.21. The summed E-state index contributed by atoms with van der Waals surface area (Å²) in [5, 5.41) is 7.00. The Bertz CT molecular complexity index is 574. The summed E-state index contributed by atoms with van der Waals surface area (Å²) in [7, 11) is 0. The van der Waals surface area contributed by atoms with Crippen molar-refractivity contribution in [2.24, 2.45) is 0 Å². The van der Waals surface area contributed by atoms with Crippen LogP contribution in [0.3, 0.4) is 0 Å². The Balaban J connectivity index is 1.76.